The summed E-state index contributed by atoms with van der Waals surface area (Å²) in [5.74, 6) is 2.82. The number of hydrogen-bond acceptors (Lipinski definition) is 1. The van der Waals surface area contributed by atoms with Gasteiger partial charge in [0.15, 0.2) is 0 Å². The molecule has 0 spiro atoms. The number of rotatable bonds is 1. The molecule has 1 nitrogen and oxygen atoms in total. The van der Waals surface area contributed by atoms with Gasteiger partial charge in [-0.25, -0.2) is 0 Å². The summed E-state index contributed by atoms with van der Waals surface area (Å²) in [5.41, 5.74) is 1.95. The van der Waals surface area contributed by atoms with Crippen molar-refractivity contribution in [1.29, 1.82) is 0 Å². The van der Waals surface area contributed by atoms with Crippen molar-refractivity contribution in [3.63, 3.8) is 0 Å². The topological polar surface area (TPSA) is 9.23 Å². The Hall–Kier alpha value is -0.243. The van der Waals surface area contributed by atoms with Gasteiger partial charge in [-0.15, -0.1) is 0 Å². The van der Waals surface area contributed by atoms with Crippen molar-refractivity contribution < 1.29 is 4.43 Å². The van der Waals surface area contributed by atoms with E-state index in [2.05, 4.69) is 34.6 Å². The van der Waals surface area contributed by atoms with Crippen LogP contribution in [0.4, 0.5) is 0 Å². The molecule has 2 heteroatoms. The Morgan fingerprint density at radius 3 is 2.32 bits per heavy atom. The van der Waals surface area contributed by atoms with Crippen LogP contribution in [0.1, 0.15) is 79.6 Å². The van der Waals surface area contributed by atoms with E-state index < -0.39 is 0 Å². The SMILES string of the molecule is CC1=C(O[SiH3])CCCCCCC(C(C)(C)C)CC1C. The molecule has 0 aromatic rings. The second-order valence-electron chi connectivity index (χ2n) is 7.46. The molecule has 0 amide bonds. The Bertz CT molecular complexity index is 301. The quantitative estimate of drug-likeness (QED) is 0.639. The molecule has 0 radical (unpaired) electrons. The average Bonchev–Trinajstić information content (AvgIpc) is 2.36. The summed E-state index contributed by atoms with van der Waals surface area (Å²) < 4.78 is 5.79. The molecule has 0 N–H and O–H groups in total. The predicted octanol–water partition coefficient (Wildman–Crippen LogP) is 4.60. The van der Waals surface area contributed by atoms with E-state index in [-0.39, 0.29) is 0 Å². The van der Waals surface area contributed by atoms with Crippen molar-refractivity contribution in [2.24, 2.45) is 17.3 Å². The number of hydrogen-bond donors (Lipinski definition) is 0. The molecule has 0 saturated carbocycles. The molecule has 0 heterocycles. The third kappa shape index (κ3) is 5.33. The van der Waals surface area contributed by atoms with E-state index in [1.54, 1.807) is 0 Å². The zero-order chi connectivity index (χ0) is 14.5. The van der Waals surface area contributed by atoms with Crippen LogP contribution in [0.2, 0.25) is 0 Å². The van der Waals surface area contributed by atoms with Crippen LogP contribution in [0.3, 0.4) is 0 Å². The molecule has 0 aromatic heterocycles. The zero-order valence-electron chi connectivity index (χ0n) is 14.0. The second-order valence-corrected chi connectivity index (χ2v) is 7.87. The Kier molecular flexibility index (Phi) is 6.65. The third-order valence-corrected chi connectivity index (χ3v) is 5.49. The van der Waals surface area contributed by atoms with Gasteiger partial charge in [0.2, 0.25) is 10.5 Å². The molecular formula is C17H34OSi. The standard InChI is InChI=1S/C17H34OSi/c1-13-12-15(17(3,4)5)10-8-6-7-9-11-16(18-19)14(13)2/h13,15H,6-12H2,1-5,19H3. The maximum absolute atomic E-state index is 5.79. The van der Waals surface area contributed by atoms with Crippen LogP contribution in [0.25, 0.3) is 0 Å². The molecule has 2 atom stereocenters. The monoisotopic (exact) mass is 282 g/mol. The van der Waals surface area contributed by atoms with Gasteiger partial charge in [-0.05, 0) is 49.0 Å². The summed E-state index contributed by atoms with van der Waals surface area (Å²) in [7, 11) is 0.832. The molecule has 1 rings (SSSR count). The van der Waals surface area contributed by atoms with E-state index in [4.69, 9.17) is 4.43 Å². The molecule has 0 bridgehead atoms. The Balaban J connectivity index is 2.88. The lowest BCUT2D eigenvalue weighted by molar-refractivity contribution is 0.189. The maximum Gasteiger partial charge on any atom is 0.203 e. The van der Waals surface area contributed by atoms with E-state index in [0.717, 1.165) is 16.4 Å². The zero-order valence-corrected chi connectivity index (χ0v) is 16.0. The van der Waals surface area contributed by atoms with Gasteiger partial charge in [0.25, 0.3) is 0 Å². The average molecular weight is 283 g/mol. The maximum atomic E-state index is 5.79. The largest absolute Gasteiger partial charge is 0.556 e. The summed E-state index contributed by atoms with van der Waals surface area (Å²) in [6, 6.07) is 0. The first-order valence-electron chi connectivity index (χ1n) is 8.10. The van der Waals surface area contributed by atoms with Crippen LogP contribution in [0, 0.1) is 17.3 Å². The molecule has 1 aliphatic carbocycles. The van der Waals surface area contributed by atoms with Crippen LogP contribution in [0.5, 0.6) is 0 Å². The smallest absolute Gasteiger partial charge is 0.203 e. The lowest BCUT2D eigenvalue weighted by Gasteiger charge is -2.33. The second kappa shape index (κ2) is 7.52. The summed E-state index contributed by atoms with van der Waals surface area (Å²) in [5, 5.41) is 0. The van der Waals surface area contributed by atoms with E-state index >= 15 is 0 Å². The fraction of sp³-hybridized carbons (Fsp3) is 0.882. The third-order valence-electron chi connectivity index (χ3n) is 4.99. The van der Waals surface area contributed by atoms with Gasteiger partial charge in [0.1, 0.15) is 0 Å². The first-order valence-corrected chi connectivity index (χ1v) is 8.91. The van der Waals surface area contributed by atoms with Crippen molar-refractivity contribution in [1.82, 2.24) is 0 Å². The Labute approximate surface area is 123 Å². The highest BCUT2D eigenvalue weighted by molar-refractivity contribution is 5.98. The highest BCUT2D eigenvalue weighted by Gasteiger charge is 2.27. The van der Waals surface area contributed by atoms with Gasteiger partial charge in [-0.3, -0.25) is 0 Å². The van der Waals surface area contributed by atoms with Crippen LogP contribution in [0.15, 0.2) is 11.3 Å². The fourth-order valence-electron chi connectivity index (χ4n) is 3.27. The van der Waals surface area contributed by atoms with Gasteiger partial charge < -0.3 is 4.43 Å². The lowest BCUT2D eigenvalue weighted by atomic mass is 9.72. The molecule has 112 valence electrons. The van der Waals surface area contributed by atoms with Crippen molar-refractivity contribution in [2.75, 3.05) is 0 Å². The highest BCUT2D eigenvalue weighted by Crippen LogP contribution is 2.38. The van der Waals surface area contributed by atoms with Gasteiger partial charge in [0, 0.05) is 6.42 Å². The highest BCUT2D eigenvalue weighted by atomic mass is 28.2. The minimum absolute atomic E-state index is 0.435. The molecule has 19 heavy (non-hydrogen) atoms. The van der Waals surface area contributed by atoms with E-state index in [1.807, 2.05) is 0 Å². The molecule has 0 saturated heterocycles. The Morgan fingerprint density at radius 2 is 1.74 bits per heavy atom. The summed E-state index contributed by atoms with van der Waals surface area (Å²) in [6.45, 7) is 11.9. The first kappa shape index (κ1) is 16.8. The lowest BCUT2D eigenvalue weighted by Crippen LogP contribution is -2.23. The van der Waals surface area contributed by atoms with Crippen molar-refractivity contribution in [2.45, 2.75) is 79.6 Å². The number of allylic oxidation sites excluding steroid dienone is 2. The van der Waals surface area contributed by atoms with Gasteiger partial charge >= 0.3 is 0 Å². The van der Waals surface area contributed by atoms with Crippen LogP contribution in [-0.4, -0.2) is 10.5 Å². The molecule has 2 unspecified atom stereocenters. The Morgan fingerprint density at radius 1 is 1.11 bits per heavy atom. The molecule has 1 aliphatic rings. The minimum atomic E-state index is 0.435. The minimum Gasteiger partial charge on any atom is -0.556 e. The van der Waals surface area contributed by atoms with Crippen molar-refractivity contribution in [3.8, 4) is 0 Å². The summed E-state index contributed by atoms with van der Waals surface area (Å²) >= 11 is 0. The molecular weight excluding hydrogens is 248 g/mol. The fourth-order valence-corrected chi connectivity index (χ4v) is 3.80. The molecule has 0 aromatic carbocycles. The van der Waals surface area contributed by atoms with E-state index in [1.165, 1.54) is 56.3 Å². The van der Waals surface area contributed by atoms with Crippen molar-refractivity contribution in [3.05, 3.63) is 11.3 Å². The normalized spacial score (nSPS) is 28.1. The van der Waals surface area contributed by atoms with Crippen molar-refractivity contribution >= 4 is 10.5 Å². The molecule has 0 fully saturated rings. The van der Waals surface area contributed by atoms with Gasteiger partial charge in [-0.2, -0.15) is 0 Å². The van der Waals surface area contributed by atoms with E-state index in [0.29, 0.717) is 11.3 Å². The van der Waals surface area contributed by atoms with Crippen LogP contribution >= 0.6 is 0 Å². The van der Waals surface area contributed by atoms with Crippen LogP contribution < -0.4 is 0 Å². The summed E-state index contributed by atoms with van der Waals surface area (Å²) in [4.78, 5) is 0. The van der Waals surface area contributed by atoms with E-state index in [9.17, 15) is 0 Å². The summed E-state index contributed by atoms with van der Waals surface area (Å²) in [6.07, 6.45) is 9.37. The predicted molar refractivity (Wildman–Crippen MR) is 88.2 cm³/mol. The van der Waals surface area contributed by atoms with Gasteiger partial charge in [-0.1, -0.05) is 47.0 Å². The van der Waals surface area contributed by atoms with Gasteiger partial charge in [0.05, 0.1) is 5.76 Å². The van der Waals surface area contributed by atoms with Crippen LogP contribution in [-0.2, 0) is 4.43 Å². The first-order chi connectivity index (χ1) is 8.86. The molecule has 0 aliphatic heterocycles.